The van der Waals surface area contributed by atoms with E-state index in [1.165, 1.54) is 17.7 Å². The Hall–Kier alpha value is -2.19. The molecule has 106 valence electrons. The van der Waals surface area contributed by atoms with Crippen LogP contribution in [0.15, 0.2) is 46.6 Å². The van der Waals surface area contributed by atoms with E-state index in [0.717, 1.165) is 15.3 Å². The molecule has 2 aromatic heterocycles. The van der Waals surface area contributed by atoms with Gasteiger partial charge < -0.3 is 16.4 Å². The average Bonchev–Trinajstić information content (AvgIpc) is 2.99. The molecule has 2 heterocycles. The van der Waals surface area contributed by atoms with Crippen LogP contribution in [-0.2, 0) is 0 Å². The highest BCUT2D eigenvalue weighted by atomic mass is 79.9. The SMILES string of the molecule is Nc1c(Nc2ccc(Br)cc2)ncnc1Nc1nccs1. The molecule has 0 fully saturated rings. The van der Waals surface area contributed by atoms with Gasteiger partial charge in [0.2, 0.25) is 0 Å². The Morgan fingerprint density at radius 1 is 1.00 bits per heavy atom. The first-order valence-corrected chi connectivity index (χ1v) is 7.69. The number of hydrogen-bond donors (Lipinski definition) is 3. The van der Waals surface area contributed by atoms with Gasteiger partial charge in [-0.3, -0.25) is 0 Å². The van der Waals surface area contributed by atoms with Gasteiger partial charge >= 0.3 is 0 Å². The summed E-state index contributed by atoms with van der Waals surface area (Å²) in [6.45, 7) is 0. The summed E-state index contributed by atoms with van der Waals surface area (Å²) >= 11 is 4.87. The second kappa shape index (κ2) is 6.06. The summed E-state index contributed by atoms with van der Waals surface area (Å²) in [5, 5.41) is 8.84. The van der Waals surface area contributed by atoms with Crippen LogP contribution in [0.5, 0.6) is 0 Å². The lowest BCUT2D eigenvalue weighted by Crippen LogP contribution is -2.05. The minimum Gasteiger partial charge on any atom is -0.393 e. The maximum absolute atomic E-state index is 6.10. The Bertz CT molecular complexity index is 729. The molecular weight excluding hydrogens is 352 g/mol. The summed E-state index contributed by atoms with van der Waals surface area (Å²) < 4.78 is 1.01. The minimum absolute atomic E-state index is 0.440. The van der Waals surface area contributed by atoms with Crippen LogP contribution < -0.4 is 16.4 Å². The summed E-state index contributed by atoms with van der Waals surface area (Å²) in [4.78, 5) is 12.5. The molecule has 3 rings (SSSR count). The van der Waals surface area contributed by atoms with Crippen molar-refractivity contribution in [1.82, 2.24) is 15.0 Å². The van der Waals surface area contributed by atoms with E-state index in [0.29, 0.717) is 17.3 Å². The molecule has 0 spiro atoms. The Balaban J connectivity index is 1.84. The van der Waals surface area contributed by atoms with Crippen molar-refractivity contribution in [3.8, 4) is 0 Å². The van der Waals surface area contributed by atoms with Gasteiger partial charge in [0.15, 0.2) is 16.8 Å². The Kier molecular flexibility index (Phi) is 3.98. The molecule has 0 amide bonds. The molecule has 21 heavy (non-hydrogen) atoms. The maximum atomic E-state index is 6.10. The Morgan fingerprint density at radius 2 is 1.71 bits per heavy atom. The molecule has 0 aliphatic heterocycles. The highest BCUT2D eigenvalue weighted by molar-refractivity contribution is 9.10. The zero-order valence-electron chi connectivity index (χ0n) is 10.7. The summed E-state index contributed by atoms with van der Waals surface area (Å²) in [6, 6.07) is 7.74. The van der Waals surface area contributed by atoms with Crippen molar-refractivity contribution < 1.29 is 0 Å². The van der Waals surface area contributed by atoms with E-state index in [4.69, 9.17) is 5.73 Å². The predicted molar refractivity (Wildman–Crippen MR) is 89.3 cm³/mol. The van der Waals surface area contributed by atoms with E-state index < -0.39 is 0 Å². The van der Waals surface area contributed by atoms with Crippen LogP contribution in [0.1, 0.15) is 0 Å². The lowest BCUT2D eigenvalue weighted by atomic mass is 10.3. The van der Waals surface area contributed by atoms with Crippen LogP contribution in [0.4, 0.5) is 28.1 Å². The summed E-state index contributed by atoms with van der Waals surface area (Å²) in [6.07, 6.45) is 3.17. The number of nitrogen functional groups attached to an aromatic ring is 1. The molecule has 8 heteroatoms. The standard InChI is InChI=1S/C13H11BrN6S/c14-8-1-3-9(4-2-8)19-11-10(15)12(18-7-17-11)20-13-16-5-6-21-13/h1-7H,15H2,(H2,16,17,18,19,20). The fourth-order valence-electron chi connectivity index (χ4n) is 1.65. The molecule has 6 nitrogen and oxygen atoms in total. The van der Waals surface area contributed by atoms with E-state index in [1.807, 2.05) is 29.6 Å². The number of halogens is 1. The smallest absolute Gasteiger partial charge is 0.188 e. The predicted octanol–water partition coefficient (Wildman–Crippen LogP) is 3.77. The number of nitrogens with zero attached hydrogens (tertiary/aromatic N) is 3. The lowest BCUT2D eigenvalue weighted by Gasteiger charge is -2.11. The highest BCUT2D eigenvalue weighted by Gasteiger charge is 2.09. The number of benzene rings is 1. The average molecular weight is 363 g/mol. The molecule has 1 aromatic carbocycles. The van der Waals surface area contributed by atoms with Crippen molar-refractivity contribution in [2.24, 2.45) is 0 Å². The van der Waals surface area contributed by atoms with Crippen LogP contribution in [0.3, 0.4) is 0 Å². The monoisotopic (exact) mass is 362 g/mol. The number of rotatable bonds is 4. The molecule has 0 unspecified atom stereocenters. The molecular formula is C13H11BrN6S. The van der Waals surface area contributed by atoms with Gasteiger partial charge in [-0.25, -0.2) is 15.0 Å². The number of nitrogens with one attached hydrogen (secondary N) is 2. The zero-order valence-corrected chi connectivity index (χ0v) is 13.1. The molecule has 0 saturated heterocycles. The van der Waals surface area contributed by atoms with Crippen molar-refractivity contribution in [2.45, 2.75) is 0 Å². The minimum atomic E-state index is 0.440. The summed E-state index contributed by atoms with van der Waals surface area (Å²) in [5.74, 6) is 1.07. The Morgan fingerprint density at radius 3 is 2.38 bits per heavy atom. The van der Waals surface area contributed by atoms with Crippen molar-refractivity contribution in [1.29, 1.82) is 0 Å². The molecule has 4 N–H and O–H groups in total. The van der Waals surface area contributed by atoms with Crippen molar-refractivity contribution in [2.75, 3.05) is 16.4 Å². The van der Waals surface area contributed by atoms with Crippen molar-refractivity contribution >= 4 is 55.4 Å². The van der Waals surface area contributed by atoms with Gasteiger partial charge in [0.1, 0.15) is 12.0 Å². The molecule has 0 bridgehead atoms. The molecule has 0 aliphatic carbocycles. The largest absolute Gasteiger partial charge is 0.393 e. The second-order valence-electron chi connectivity index (χ2n) is 4.08. The Labute approximate surface area is 133 Å². The second-order valence-corrected chi connectivity index (χ2v) is 5.89. The number of nitrogens with two attached hydrogens (primary N) is 1. The molecule has 0 radical (unpaired) electrons. The number of hydrogen-bond acceptors (Lipinski definition) is 7. The van der Waals surface area contributed by atoms with Gasteiger partial charge in [0.25, 0.3) is 0 Å². The zero-order chi connectivity index (χ0) is 14.7. The first-order chi connectivity index (χ1) is 10.2. The number of thiazole rings is 1. The van der Waals surface area contributed by atoms with Crippen LogP contribution in [0.25, 0.3) is 0 Å². The highest BCUT2D eigenvalue weighted by Crippen LogP contribution is 2.28. The molecule has 3 aromatic rings. The first kappa shape index (κ1) is 13.8. The topological polar surface area (TPSA) is 88.8 Å². The third-order valence-electron chi connectivity index (χ3n) is 2.65. The quantitative estimate of drug-likeness (QED) is 0.654. The van der Waals surface area contributed by atoms with E-state index in [2.05, 4.69) is 41.5 Å². The maximum Gasteiger partial charge on any atom is 0.188 e. The van der Waals surface area contributed by atoms with Gasteiger partial charge in [-0.15, -0.1) is 11.3 Å². The first-order valence-electron chi connectivity index (χ1n) is 6.02. The van der Waals surface area contributed by atoms with Gasteiger partial charge in [-0.1, -0.05) is 15.9 Å². The normalized spacial score (nSPS) is 10.3. The third kappa shape index (κ3) is 3.29. The van der Waals surface area contributed by atoms with Crippen LogP contribution in [0, 0.1) is 0 Å². The van der Waals surface area contributed by atoms with Crippen molar-refractivity contribution in [3.63, 3.8) is 0 Å². The fraction of sp³-hybridized carbons (Fsp3) is 0. The van der Waals surface area contributed by atoms with E-state index in [-0.39, 0.29) is 0 Å². The van der Waals surface area contributed by atoms with E-state index in [1.54, 1.807) is 6.20 Å². The third-order valence-corrected chi connectivity index (χ3v) is 3.87. The summed E-state index contributed by atoms with van der Waals surface area (Å²) in [7, 11) is 0. The molecule has 0 atom stereocenters. The van der Waals surface area contributed by atoms with E-state index in [9.17, 15) is 0 Å². The lowest BCUT2D eigenvalue weighted by molar-refractivity contribution is 1.17. The number of aromatic nitrogens is 3. The molecule has 0 saturated carbocycles. The fourth-order valence-corrected chi connectivity index (χ4v) is 2.44. The van der Waals surface area contributed by atoms with Crippen LogP contribution >= 0.6 is 27.3 Å². The summed E-state index contributed by atoms with van der Waals surface area (Å²) in [5.41, 5.74) is 7.43. The van der Waals surface area contributed by atoms with Gasteiger partial charge in [-0.05, 0) is 24.3 Å². The molecule has 0 aliphatic rings. The van der Waals surface area contributed by atoms with Gasteiger partial charge in [0.05, 0.1) is 0 Å². The number of anilines is 5. The van der Waals surface area contributed by atoms with Gasteiger partial charge in [-0.2, -0.15) is 0 Å². The van der Waals surface area contributed by atoms with Crippen molar-refractivity contribution in [3.05, 3.63) is 46.6 Å². The van der Waals surface area contributed by atoms with E-state index >= 15 is 0 Å². The van der Waals surface area contributed by atoms with Crippen LogP contribution in [0.2, 0.25) is 0 Å². The van der Waals surface area contributed by atoms with Gasteiger partial charge in [0, 0.05) is 21.7 Å². The van der Waals surface area contributed by atoms with Crippen LogP contribution in [-0.4, -0.2) is 15.0 Å².